The van der Waals surface area contributed by atoms with Gasteiger partial charge in [-0.2, -0.15) is 0 Å². The summed E-state index contributed by atoms with van der Waals surface area (Å²) in [6.07, 6.45) is 0.808. The zero-order chi connectivity index (χ0) is 14.9. The van der Waals surface area contributed by atoms with Gasteiger partial charge in [0, 0.05) is 6.20 Å². The molecule has 0 unspecified atom stereocenters. The molecule has 0 radical (unpaired) electrons. The molecule has 1 aromatic heterocycles. The Labute approximate surface area is 117 Å². The lowest BCUT2D eigenvalue weighted by atomic mass is 10.3. The lowest BCUT2D eigenvalue weighted by Crippen LogP contribution is -2.29. The number of halogens is 1. The predicted molar refractivity (Wildman–Crippen MR) is 74.4 cm³/mol. The molecular weight excluding hydrogens is 308 g/mol. The fourth-order valence-corrected chi connectivity index (χ4v) is 2.63. The highest BCUT2D eigenvalue weighted by atomic mass is 35.5. The Balaban J connectivity index is 2.43. The van der Waals surface area contributed by atoms with Gasteiger partial charge in [0.15, 0.2) is 4.90 Å². The van der Waals surface area contributed by atoms with Gasteiger partial charge in [-0.25, -0.2) is 13.2 Å². The van der Waals surface area contributed by atoms with Crippen molar-refractivity contribution in [3.05, 3.63) is 50.3 Å². The molecule has 20 heavy (non-hydrogen) atoms. The summed E-state index contributed by atoms with van der Waals surface area (Å²) in [5, 5.41) is 0.167. The van der Waals surface area contributed by atoms with E-state index in [1.807, 2.05) is 4.98 Å². The van der Waals surface area contributed by atoms with E-state index in [9.17, 15) is 18.0 Å². The Bertz CT molecular complexity index is 871. The molecule has 2 rings (SSSR count). The van der Waals surface area contributed by atoms with E-state index in [0.717, 1.165) is 6.20 Å². The van der Waals surface area contributed by atoms with Gasteiger partial charge in [-0.1, -0.05) is 11.6 Å². The highest BCUT2D eigenvalue weighted by molar-refractivity contribution is 7.92. The van der Waals surface area contributed by atoms with Crippen molar-refractivity contribution >= 4 is 33.0 Å². The van der Waals surface area contributed by atoms with Gasteiger partial charge in [0.1, 0.15) is 0 Å². The fourth-order valence-electron chi connectivity index (χ4n) is 1.40. The molecule has 0 bridgehead atoms. The minimum absolute atomic E-state index is 0.134. The number of hydrogen-bond donors (Lipinski definition) is 4. The first-order chi connectivity index (χ1) is 9.29. The summed E-state index contributed by atoms with van der Waals surface area (Å²) in [6.45, 7) is 0. The zero-order valence-electron chi connectivity index (χ0n) is 9.81. The summed E-state index contributed by atoms with van der Waals surface area (Å²) in [4.78, 5) is 25.6. The molecule has 0 amide bonds. The fraction of sp³-hybridized carbons (Fsp3) is 0. The minimum atomic E-state index is -4.15. The Hall–Kier alpha value is -2.26. The van der Waals surface area contributed by atoms with Crippen LogP contribution < -0.4 is 21.7 Å². The van der Waals surface area contributed by atoms with E-state index in [-0.39, 0.29) is 16.4 Å². The van der Waals surface area contributed by atoms with Gasteiger partial charge < -0.3 is 10.7 Å². The second-order valence-electron chi connectivity index (χ2n) is 3.78. The molecule has 0 atom stereocenters. The van der Waals surface area contributed by atoms with Crippen LogP contribution in [-0.4, -0.2) is 18.4 Å². The zero-order valence-corrected chi connectivity index (χ0v) is 11.4. The van der Waals surface area contributed by atoms with Crippen LogP contribution in [0.4, 0.5) is 11.4 Å². The van der Waals surface area contributed by atoms with Gasteiger partial charge in [-0.05, 0) is 18.2 Å². The topological polar surface area (TPSA) is 138 Å². The molecule has 1 heterocycles. The molecular formula is C10H9ClN4O4S. The lowest BCUT2D eigenvalue weighted by molar-refractivity contribution is 0.599. The van der Waals surface area contributed by atoms with Gasteiger partial charge in [-0.3, -0.25) is 14.5 Å². The van der Waals surface area contributed by atoms with Gasteiger partial charge in [0.2, 0.25) is 0 Å². The van der Waals surface area contributed by atoms with E-state index in [2.05, 4.69) is 9.71 Å². The number of rotatable bonds is 3. The molecule has 0 aliphatic heterocycles. The summed E-state index contributed by atoms with van der Waals surface area (Å²) in [7, 11) is -4.15. The molecule has 2 aromatic rings. The average molecular weight is 317 g/mol. The van der Waals surface area contributed by atoms with Gasteiger partial charge in [-0.15, -0.1) is 0 Å². The molecule has 0 saturated heterocycles. The van der Waals surface area contributed by atoms with Crippen molar-refractivity contribution in [1.82, 2.24) is 9.97 Å². The van der Waals surface area contributed by atoms with Crippen molar-refractivity contribution in [1.29, 1.82) is 0 Å². The number of anilines is 2. The van der Waals surface area contributed by atoms with E-state index in [4.69, 9.17) is 17.3 Å². The number of hydrogen-bond acceptors (Lipinski definition) is 5. The lowest BCUT2D eigenvalue weighted by Gasteiger charge is -2.08. The third-order valence-electron chi connectivity index (χ3n) is 2.33. The van der Waals surface area contributed by atoms with Crippen molar-refractivity contribution in [2.24, 2.45) is 0 Å². The van der Waals surface area contributed by atoms with Crippen LogP contribution in [0.3, 0.4) is 0 Å². The maximum Gasteiger partial charge on any atom is 0.325 e. The smallest absolute Gasteiger partial charge is 0.325 e. The molecule has 1 aromatic carbocycles. The van der Waals surface area contributed by atoms with E-state index in [0.29, 0.717) is 0 Å². The first-order valence-corrected chi connectivity index (χ1v) is 7.05. The SMILES string of the molecule is Nc1ccc(NS(=O)(=O)c2c[nH]c(=O)[nH]c2=O)cc1Cl. The molecule has 10 heteroatoms. The maximum absolute atomic E-state index is 12.0. The third-order valence-corrected chi connectivity index (χ3v) is 4.04. The van der Waals surface area contributed by atoms with E-state index < -0.39 is 26.2 Å². The quantitative estimate of drug-likeness (QED) is 0.595. The summed E-state index contributed by atoms with van der Waals surface area (Å²) in [5.41, 5.74) is 4.10. The third kappa shape index (κ3) is 2.83. The second kappa shape index (κ2) is 5.02. The van der Waals surface area contributed by atoms with Crippen LogP contribution in [-0.2, 0) is 10.0 Å². The molecule has 0 fully saturated rings. The van der Waals surface area contributed by atoms with Crippen LogP contribution in [0, 0.1) is 0 Å². The number of nitrogens with two attached hydrogens (primary N) is 1. The molecule has 0 saturated carbocycles. The van der Waals surface area contributed by atoms with Gasteiger partial charge >= 0.3 is 5.69 Å². The van der Waals surface area contributed by atoms with Gasteiger partial charge in [0.25, 0.3) is 15.6 Å². The molecule has 0 spiro atoms. The van der Waals surface area contributed by atoms with Crippen molar-refractivity contribution in [3.63, 3.8) is 0 Å². The molecule has 0 aliphatic rings. The summed E-state index contributed by atoms with van der Waals surface area (Å²) in [6, 6.07) is 4.10. The van der Waals surface area contributed by atoms with Crippen LogP contribution in [0.15, 0.2) is 38.9 Å². The molecule has 5 N–H and O–H groups in total. The Morgan fingerprint density at radius 2 is 1.95 bits per heavy atom. The first-order valence-electron chi connectivity index (χ1n) is 5.19. The number of aromatic nitrogens is 2. The minimum Gasteiger partial charge on any atom is -0.398 e. The van der Waals surface area contributed by atoms with Crippen molar-refractivity contribution in [2.75, 3.05) is 10.5 Å². The maximum atomic E-state index is 12.0. The van der Waals surface area contributed by atoms with E-state index >= 15 is 0 Å². The first kappa shape index (κ1) is 14.2. The van der Waals surface area contributed by atoms with Crippen molar-refractivity contribution in [2.45, 2.75) is 4.90 Å². The molecule has 8 nitrogen and oxygen atoms in total. The number of nitrogen functional groups attached to an aromatic ring is 1. The number of nitrogens with one attached hydrogen (secondary N) is 3. The second-order valence-corrected chi connectivity index (χ2v) is 5.84. The highest BCUT2D eigenvalue weighted by Crippen LogP contribution is 2.23. The largest absolute Gasteiger partial charge is 0.398 e. The predicted octanol–water partition coefficient (Wildman–Crippen LogP) is 0.0996. The molecule has 106 valence electrons. The molecule has 0 aliphatic carbocycles. The standard InChI is InChI=1S/C10H9ClN4O4S/c11-6-3-5(1-2-7(6)12)15-20(18,19)8-4-13-10(17)14-9(8)16/h1-4,15H,12H2,(H2,13,14,16,17). The van der Waals surface area contributed by atoms with Crippen LogP contribution in [0.25, 0.3) is 0 Å². The van der Waals surface area contributed by atoms with E-state index in [1.54, 1.807) is 0 Å². The number of H-pyrrole nitrogens is 2. The van der Waals surface area contributed by atoms with Crippen LogP contribution in [0.5, 0.6) is 0 Å². The van der Waals surface area contributed by atoms with Crippen LogP contribution >= 0.6 is 11.6 Å². The highest BCUT2D eigenvalue weighted by Gasteiger charge is 2.19. The van der Waals surface area contributed by atoms with Crippen molar-refractivity contribution < 1.29 is 8.42 Å². The number of sulfonamides is 1. The average Bonchev–Trinajstić information content (AvgIpc) is 2.33. The van der Waals surface area contributed by atoms with E-state index in [1.165, 1.54) is 18.2 Å². The summed E-state index contributed by atoms with van der Waals surface area (Å²) in [5.74, 6) is 0. The Morgan fingerprint density at radius 3 is 2.55 bits per heavy atom. The van der Waals surface area contributed by atoms with Crippen LogP contribution in [0.1, 0.15) is 0 Å². The van der Waals surface area contributed by atoms with Crippen molar-refractivity contribution in [3.8, 4) is 0 Å². The monoisotopic (exact) mass is 316 g/mol. The van der Waals surface area contributed by atoms with Gasteiger partial charge in [0.05, 0.1) is 16.4 Å². The van der Waals surface area contributed by atoms with Crippen LogP contribution in [0.2, 0.25) is 5.02 Å². The normalized spacial score (nSPS) is 11.2. The number of aromatic amines is 2. The Morgan fingerprint density at radius 1 is 1.25 bits per heavy atom. The number of benzene rings is 1. The summed E-state index contributed by atoms with van der Waals surface area (Å²) >= 11 is 5.77. The Kier molecular flexibility index (Phi) is 3.55. The summed E-state index contributed by atoms with van der Waals surface area (Å²) < 4.78 is 26.2.